The SMILES string of the molecule is COc1ccc(-n2cc(C(=O)O)c3c2C(c2ccc(OCC(N)=O)cc2)CC(=O)N3)cc1. The van der Waals surface area contributed by atoms with E-state index in [1.54, 1.807) is 48.1 Å². The zero-order valence-corrected chi connectivity index (χ0v) is 17.2. The van der Waals surface area contributed by atoms with Crippen molar-refractivity contribution in [3.63, 3.8) is 0 Å². The maximum atomic E-state index is 12.5. The van der Waals surface area contributed by atoms with Crippen molar-refractivity contribution >= 4 is 23.5 Å². The van der Waals surface area contributed by atoms with Crippen LogP contribution in [0.3, 0.4) is 0 Å². The number of rotatable bonds is 7. The van der Waals surface area contributed by atoms with Crippen LogP contribution in [0, 0.1) is 0 Å². The standard InChI is InChI=1S/C23H21N3O6/c1-31-15-8-4-14(5-9-15)26-11-18(23(29)30)21-22(26)17(10-20(28)25-21)13-2-6-16(7-3-13)32-12-19(24)27/h2-9,11,17H,10,12H2,1H3,(H2,24,27)(H,25,28)(H,29,30). The van der Waals surface area contributed by atoms with Crippen molar-refractivity contribution in [3.05, 3.63) is 71.5 Å². The second kappa shape index (κ2) is 8.46. The normalized spacial score (nSPS) is 14.9. The van der Waals surface area contributed by atoms with Gasteiger partial charge in [-0.15, -0.1) is 0 Å². The first-order chi connectivity index (χ1) is 15.4. The average Bonchev–Trinajstić information content (AvgIpc) is 3.17. The summed E-state index contributed by atoms with van der Waals surface area (Å²) in [6, 6.07) is 14.1. The van der Waals surface area contributed by atoms with Gasteiger partial charge in [0.05, 0.1) is 18.5 Å². The van der Waals surface area contributed by atoms with Crippen molar-refractivity contribution in [3.8, 4) is 17.2 Å². The van der Waals surface area contributed by atoms with Gasteiger partial charge in [0.2, 0.25) is 5.91 Å². The molecule has 4 N–H and O–H groups in total. The first kappa shape index (κ1) is 21.0. The van der Waals surface area contributed by atoms with Gasteiger partial charge in [0.25, 0.3) is 5.91 Å². The van der Waals surface area contributed by atoms with Gasteiger partial charge in [0.15, 0.2) is 6.61 Å². The van der Waals surface area contributed by atoms with Gasteiger partial charge in [-0.1, -0.05) is 12.1 Å². The van der Waals surface area contributed by atoms with Gasteiger partial charge in [-0.2, -0.15) is 0 Å². The molecule has 2 aromatic carbocycles. The first-order valence-corrected chi connectivity index (χ1v) is 9.81. The molecule has 1 aliphatic heterocycles. The third-order valence-corrected chi connectivity index (χ3v) is 5.27. The highest BCUT2D eigenvalue weighted by atomic mass is 16.5. The number of anilines is 1. The largest absolute Gasteiger partial charge is 0.497 e. The lowest BCUT2D eigenvalue weighted by Gasteiger charge is -2.26. The minimum atomic E-state index is -1.13. The predicted molar refractivity (Wildman–Crippen MR) is 116 cm³/mol. The third kappa shape index (κ3) is 4.00. The molecule has 32 heavy (non-hydrogen) atoms. The van der Waals surface area contributed by atoms with E-state index in [1.807, 2.05) is 12.1 Å². The number of hydrogen-bond donors (Lipinski definition) is 3. The van der Waals surface area contributed by atoms with Crippen molar-refractivity contribution in [2.45, 2.75) is 12.3 Å². The minimum Gasteiger partial charge on any atom is -0.497 e. The molecule has 1 unspecified atom stereocenters. The molecule has 2 heterocycles. The lowest BCUT2D eigenvalue weighted by atomic mass is 9.88. The van der Waals surface area contributed by atoms with Crippen molar-refractivity contribution < 1.29 is 29.0 Å². The molecular weight excluding hydrogens is 414 g/mol. The number of nitrogens with two attached hydrogens (primary N) is 1. The molecule has 1 atom stereocenters. The van der Waals surface area contributed by atoms with Crippen LogP contribution in [-0.4, -0.2) is 41.2 Å². The Morgan fingerprint density at radius 1 is 1.12 bits per heavy atom. The molecule has 0 bridgehead atoms. The summed E-state index contributed by atoms with van der Waals surface area (Å²) in [4.78, 5) is 35.3. The molecule has 3 aromatic rings. The minimum absolute atomic E-state index is 0.00952. The Morgan fingerprint density at radius 2 is 1.78 bits per heavy atom. The Balaban J connectivity index is 1.79. The summed E-state index contributed by atoms with van der Waals surface area (Å²) in [6.45, 7) is -0.238. The molecule has 0 saturated carbocycles. The molecule has 1 aromatic heterocycles. The molecule has 1 aliphatic rings. The number of aromatic carboxylic acids is 1. The molecule has 0 aliphatic carbocycles. The number of carboxylic acids is 1. The summed E-state index contributed by atoms with van der Waals surface area (Å²) in [6.07, 6.45) is 1.66. The number of primary amides is 1. The van der Waals surface area contributed by atoms with E-state index in [4.69, 9.17) is 15.2 Å². The number of amides is 2. The molecular formula is C23H21N3O6. The number of hydrogen-bond acceptors (Lipinski definition) is 5. The highest BCUT2D eigenvalue weighted by Crippen LogP contribution is 2.42. The topological polar surface area (TPSA) is 133 Å². The van der Waals surface area contributed by atoms with Gasteiger partial charge in [-0.25, -0.2) is 4.79 Å². The summed E-state index contributed by atoms with van der Waals surface area (Å²) >= 11 is 0. The number of nitrogens with one attached hydrogen (secondary N) is 1. The third-order valence-electron chi connectivity index (χ3n) is 5.27. The van der Waals surface area contributed by atoms with Crippen LogP contribution >= 0.6 is 0 Å². The van der Waals surface area contributed by atoms with Crippen LogP contribution in [0.25, 0.3) is 5.69 Å². The Kier molecular flexibility index (Phi) is 5.55. The Bertz CT molecular complexity index is 1180. The summed E-state index contributed by atoms with van der Waals surface area (Å²) in [5.74, 6) is -1.24. The van der Waals surface area contributed by atoms with E-state index >= 15 is 0 Å². The number of aromatic nitrogens is 1. The average molecular weight is 435 g/mol. The molecule has 0 fully saturated rings. The summed E-state index contributed by atoms with van der Waals surface area (Å²) in [7, 11) is 1.57. The van der Waals surface area contributed by atoms with Crippen molar-refractivity contribution in [2.24, 2.45) is 5.73 Å². The van der Waals surface area contributed by atoms with Crippen LogP contribution in [0.4, 0.5) is 5.69 Å². The lowest BCUT2D eigenvalue weighted by molar-refractivity contribution is -0.120. The number of fused-ring (bicyclic) bond motifs is 1. The van der Waals surface area contributed by atoms with E-state index in [0.29, 0.717) is 17.2 Å². The molecule has 4 rings (SSSR count). The Hall–Kier alpha value is -4.27. The maximum absolute atomic E-state index is 12.5. The quantitative estimate of drug-likeness (QED) is 0.522. The molecule has 2 amide bonds. The zero-order valence-electron chi connectivity index (χ0n) is 17.2. The van der Waals surface area contributed by atoms with Crippen molar-refractivity contribution in [1.29, 1.82) is 0 Å². The summed E-state index contributed by atoms with van der Waals surface area (Å²) in [5.41, 5.74) is 7.60. The van der Waals surface area contributed by atoms with E-state index in [2.05, 4.69) is 5.32 Å². The van der Waals surface area contributed by atoms with Crippen LogP contribution in [0.15, 0.2) is 54.7 Å². The number of carboxylic acid groups (broad SMARTS) is 1. The van der Waals surface area contributed by atoms with Crippen LogP contribution in [0.2, 0.25) is 0 Å². The molecule has 164 valence electrons. The molecule has 0 spiro atoms. The van der Waals surface area contributed by atoms with E-state index in [-0.39, 0.29) is 36.1 Å². The van der Waals surface area contributed by atoms with E-state index in [9.17, 15) is 19.5 Å². The number of carbonyl (C=O) groups excluding carboxylic acids is 2. The Morgan fingerprint density at radius 3 is 2.38 bits per heavy atom. The predicted octanol–water partition coefficient (Wildman–Crippen LogP) is 2.52. The van der Waals surface area contributed by atoms with Crippen LogP contribution < -0.4 is 20.5 Å². The highest BCUT2D eigenvalue weighted by Gasteiger charge is 2.34. The highest BCUT2D eigenvalue weighted by molar-refractivity contribution is 6.04. The van der Waals surface area contributed by atoms with Gasteiger partial charge >= 0.3 is 5.97 Å². The van der Waals surface area contributed by atoms with E-state index in [1.165, 1.54) is 6.20 Å². The van der Waals surface area contributed by atoms with Crippen LogP contribution in [0.5, 0.6) is 11.5 Å². The zero-order chi connectivity index (χ0) is 22.8. The fraction of sp³-hybridized carbons (Fsp3) is 0.174. The van der Waals surface area contributed by atoms with E-state index in [0.717, 1.165) is 11.3 Å². The lowest BCUT2D eigenvalue weighted by Crippen LogP contribution is -2.25. The van der Waals surface area contributed by atoms with Gasteiger partial charge in [-0.3, -0.25) is 9.59 Å². The number of ether oxygens (including phenoxy) is 2. The summed E-state index contributed by atoms with van der Waals surface area (Å²) in [5, 5.41) is 12.5. The van der Waals surface area contributed by atoms with E-state index < -0.39 is 11.9 Å². The molecule has 0 saturated heterocycles. The maximum Gasteiger partial charge on any atom is 0.339 e. The van der Waals surface area contributed by atoms with Gasteiger partial charge in [-0.05, 0) is 42.0 Å². The number of benzene rings is 2. The second-order valence-corrected chi connectivity index (χ2v) is 7.31. The fourth-order valence-corrected chi connectivity index (χ4v) is 3.81. The van der Waals surface area contributed by atoms with Gasteiger partial charge in [0.1, 0.15) is 17.1 Å². The fourth-order valence-electron chi connectivity index (χ4n) is 3.81. The second-order valence-electron chi connectivity index (χ2n) is 7.31. The first-order valence-electron chi connectivity index (χ1n) is 9.81. The van der Waals surface area contributed by atoms with Crippen molar-refractivity contribution in [2.75, 3.05) is 19.0 Å². The number of nitrogens with zero attached hydrogens (tertiary/aromatic N) is 1. The monoisotopic (exact) mass is 435 g/mol. The van der Waals surface area contributed by atoms with Gasteiger partial charge < -0.3 is 30.2 Å². The molecule has 0 radical (unpaired) electrons. The Labute approximate surface area is 183 Å². The number of carbonyl (C=O) groups is 3. The van der Waals surface area contributed by atoms with Crippen LogP contribution in [-0.2, 0) is 9.59 Å². The number of methoxy groups -OCH3 is 1. The molecule has 9 nitrogen and oxygen atoms in total. The van der Waals surface area contributed by atoms with Gasteiger partial charge in [0, 0.05) is 24.2 Å². The molecule has 9 heteroatoms. The smallest absolute Gasteiger partial charge is 0.339 e. The van der Waals surface area contributed by atoms with Crippen LogP contribution in [0.1, 0.15) is 34.0 Å². The van der Waals surface area contributed by atoms with Crippen molar-refractivity contribution in [1.82, 2.24) is 4.57 Å². The summed E-state index contributed by atoms with van der Waals surface area (Å²) < 4.78 is 12.3.